The number of ether oxygens (including phenoxy) is 1. The number of hydrogen-bond acceptors (Lipinski definition) is 5. The van der Waals surface area contributed by atoms with Crippen molar-refractivity contribution in [3.8, 4) is 5.75 Å². The molecule has 0 unspecified atom stereocenters. The molecule has 8 nitrogen and oxygen atoms in total. The first-order valence-electron chi connectivity index (χ1n) is 11.9. The summed E-state index contributed by atoms with van der Waals surface area (Å²) in [4.78, 5) is 27.8. The van der Waals surface area contributed by atoms with Crippen LogP contribution in [0, 0.1) is 13.8 Å². The fraction of sp³-hybridized carbons (Fsp3) is 0.286. The molecule has 0 aliphatic rings. The van der Waals surface area contributed by atoms with E-state index in [1.807, 2.05) is 19.9 Å². The Morgan fingerprint density at radius 1 is 0.946 bits per heavy atom. The van der Waals surface area contributed by atoms with Crippen molar-refractivity contribution >= 4 is 27.5 Å². The molecule has 196 valence electrons. The highest BCUT2D eigenvalue weighted by atomic mass is 32.2. The first-order valence-corrected chi connectivity index (χ1v) is 13.3. The van der Waals surface area contributed by atoms with Crippen LogP contribution in [0.15, 0.2) is 77.7 Å². The van der Waals surface area contributed by atoms with Gasteiger partial charge in [-0.15, -0.1) is 0 Å². The lowest BCUT2D eigenvalue weighted by molar-refractivity contribution is -0.139. The second-order valence-electron chi connectivity index (χ2n) is 8.82. The van der Waals surface area contributed by atoms with E-state index in [9.17, 15) is 18.0 Å². The molecular formula is C28H33N3O5S. The van der Waals surface area contributed by atoms with E-state index in [2.05, 4.69) is 5.32 Å². The average molecular weight is 524 g/mol. The maximum absolute atomic E-state index is 13.8. The normalized spacial score (nSPS) is 11.9. The molecule has 0 spiro atoms. The molecule has 0 aliphatic heterocycles. The Morgan fingerprint density at radius 2 is 1.54 bits per heavy atom. The van der Waals surface area contributed by atoms with Gasteiger partial charge in [-0.05, 0) is 62.7 Å². The largest absolute Gasteiger partial charge is 0.497 e. The number of carbonyl (C=O) groups excluding carboxylic acids is 2. The summed E-state index contributed by atoms with van der Waals surface area (Å²) in [5.41, 5.74) is 2.97. The van der Waals surface area contributed by atoms with E-state index < -0.39 is 28.5 Å². The molecule has 0 aromatic heterocycles. The molecule has 0 saturated heterocycles. The first-order chi connectivity index (χ1) is 17.6. The highest BCUT2D eigenvalue weighted by Gasteiger charge is 2.32. The van der Waals surface area contributed by atoms with E-state index in [4.69, 9.17) is 4.74 Å². The van der Waals surface area contributed by atoms with Gasteiger partial charge in [-0.1, -0.05) is 47.5 Å². The van der Waals surface area contributed by atoms with Crippen LogP contribution in [-0.4, -0.2) is 51.9 Å². The number of carbonyl (C=O) groups is 2. The molecule has 0 saturated carbocycles. The standard InChI is InChI=1S/C28H33N3O5S/c1-20-9-13-24(14-10-20)31(37(34,35)26-15-11-21(2)12-16-26)19-27(32)30(22(3)28(33)29-4)18-23-7-6-8-25(17-23)36-5/h6-17,22H,18-19H2,1-5H3,(H,29,33)/t22-/m0/s1. The van der Waals surface area contributed by atoms with Crippen LogP contribution in [0.2, 0.25) is 0 Å². The average Bonchev–Trinajstić information content (AvgIpc) is 2.90. The van der Waals surface area contributed by atoms with Crippen molar-refractivity contribution in [1.82, 2.24) is 10.2 Å². The zero-order valence-electron chi connectivity index (χ0n) is 21.8. The summed E-state index contributed by atoms with van der Waals surface area (Å²) in [6.07, 6.45) is 0. The molecule has 0 aliphatic carbocycles. The van der Waals surface area contributed by atoms with Crippen LogP contribution in [0.25, 0.3) is 0 Å². The summed E-state index contributed by atoms with van der Waals surface area (Å²) in [6.45, 7) is 4.99. The number of rotatable bonds is 10. The third kappa shape index (κ3) is 6.68. The van der Waals surface area contributed by atoms with Gasteiger partial charge in [0.2, 0.25) is 11.8 Å². The minimum Gasteiger partial charge on any atom is -0.497 e. The van der Waals surface area contributed by atoms with Crippen LogP contribution in [-0.2, 0) is 26.2 Å². The SMILES string of the molecule is CNC(=O)[C@H](C)N(Cc1cccc(OC)c1)C(=O)CN(c1ccc(C)cc1)S(=O)(=O)c1ccc(C)cc1. The molecule has 1 atom stereocenters. The molecule has 37 heavy (non-hydrogen) atoms. The number of amides is 2. The predicted molar refractivity (Wildman–Crippen MR) is 144 cm³/mol. The maximum atomic E-state index is 13.8. The van der Waals surface area contributed by atoms with Crippen LogP contribution < -0.4 is 14.4 Å². The predicted octanol–water partition coefficient (Wildman–Crippen LogP) is 3.67. The van der Waals surface area contributed by atoms with E-state index >= 15 is 0 Å². The number of hydrogen-bond donors (Lipinski definition) is 1. The molecular weight excluding hydrogens is 490 g/mol. The second kappa shape index (κ2) is 11.9. The molecule has 0 radical (unpaired) electrons. The summed E-state index contributed by atoms with van der Waals surface area (Å²) in [5, 5.41) is 2.57. The van der Waals surface area contributed by atoms with Gasteiger partial charge in [-0.25, -0.2) is 8.42 Å². The number of nitrogens with zero attached hydrogens (tertiary/aromatic N) is 2. The number of aryl methyl sites for hydroxylation is 2. The van der Waals surface area contributed by atoms with E-state index in [1.165, 1.54) is 24.1 Å². The van der Waals surface area contributed by atoms with Crippen molar-refractivity contribution < 1.29 is 22.7 Å². The van der Waals surface area contributed by atoms with Crippen molar-refractivity contribution in [2.24, 2.45) is 0 Å². The topological polar surface area (TPSA) is 96.0 Å². The van der Waals surface area contributed by atoms with Crippen LogP contribution in [0.3, 0.4) is 0 Å². The zero-order valence-corrected chi connectivity index (χ0v) is 22.6. The molecule has 2 amide bonds. The maximum Gasteiger partial charge on any atom is 0.264 e. The van der Waals surface area contributed by atoms with Crippen molar-refractivity contribution in [1.29, 1.82) is 0 Å². The number of sulfonamides is 1. The van der Waals surface area contributed by atoms with Crippen LogP contribution in [0.4, 0.5) is 5.69 Å². The molecule has 3 rings (SSSR count). The molecule has 0 fully saturated rings. The van der Waals surface area contributed by atoms with E-state index in [0.29, 0.717) is 11.4 Å². The minimum atomic E-state index is -4.08. The summed E-state index contributed by atoms with van der Waals surface area (Å²) in [6, 6.07) is 19.7. The zero-order chi connectivity index (χ0) is 27.2. The molecule has 3 aromatic rings. The lowest BCUT2D eigenvalue weighted by Gasteiger charge is -2.32. The van der Waals surface area contributed by atoms with Crippen molar-refractivity contribution in [2.75, 3.05) is 25.0 Å². The van der Waals surface area contributed by atoms with E-state index in [0.717, 1.165) is 21.0 Å². The van der Waals surface area contributed by atoms with Gasteiger partial charge in [0.05, 0.1) is 17.7 Å². The Morgan fingerprint density at radius 3 is 2.11 bits per heavy atom. The second-order valence-corrected chi connectivity index (χ2v) is 10.7. The number of methoxy groups -OCH3 is 1. The summed E-state index contributed by atoms with van der Waals surface area (Å²) in [5.74, 6) is -0.268. The van der Waals surface area contributed by atoms with Crippen molar-refractivity contribution in [3.05, 3.63) is 89.5 Å². The highest BCUT2D eigenvalue weighted by Crippen LogP contribution is 2.25. The van der Waals surface area contributed by atoms with E-state index in [-0.39, 0.29) is 17.3 Å². The van der Waals surface area contributed by atoms with Gasteiger partial charge in [0, 0.05) is 13.6 Å². The molecule has 0 heterocycles. The Labute approximate surface area is 218 Å². The van der Waals surface area contributed by atoms with Gasteiger partial charge in [0.15, 0.2) is 0 Å². The Balaban J connectivity index is 2.02. The van der Waals surface area contributed by atoms with E-state index in [1.54, 1.807) is 68.6 Å². The number of anilines is 1. The van der Waals surface area contributed by atoms with Gasteiger partial charge in [0.25, 0.3) is 10.0 Å². The third-order valence-electron chi connectivity index (χ3n) is 6.11. The third-order valence-corrected chi connectivity index (χ3v) is 7.90. The van der Waals surface area contributed by atoms with Gasteiger partial charge in [0.1, 0.15) is 18.3 Å². The quantitative estimate of drug-likeness (QED) is 0.438. The number of likely N-dealkylation sites (N-methyl/N-ethyl adjacent to an activating group) is 1. The van der Waals surface area contributed by atoms with Crippen LogP contribution >= 0.6 is 0 Å². The Kier molecular flexibility index (Phi) is 8.94. The lowest BCUT2D eigenvalue weighted by Crippen LogP contribution is -2.50. The van der Waals surface area contributed by atoms with Gasteiger partial charge in [-0.3, -0.25) is 13.9 Å². The Hall–Kier alpha value is -3.85. The summed E-state index contributed by atoms with van der Waals surface area (Å²) >= 11 is 0. The fourth-order valence-electron chi connectivity index (χ4n) is 3.84. The smallest absolute Gasteiger partial charge is 0.264 e. The Bertz CT molecular complexity index is 1340. The highest BCUT2D eigenvalue weighted by molar-refractivity contribution is 7.92. The van der Waals surface area contributed by atoms with Crippen LogP contribution in [0.5, 0.6) is 5.75 Å². The molecule has 1 N–H and O–H groups in total. The van der Waals surface area contributed by atoms with Gasteiger partial charge in [-0.2, -0.15) is 0 Å². The summed E-state index contributed by atoms with van der Waals surface area (Å²) in [7, 11) is -1.04. The number of benzene rings is 3. The monoisotopic (exact) mass is 523 g/mol. The van der Waals surface area contributed by atoms with Crippen LogP contribution in [0.1, 0.15) is 23.6 Å². The van der Waals surface area contributed by atoms with Crippen molar-refractivity contribution in [3.63, 3.8) is 0 Å². The van der Waals surface area contributed by atoms with Gasteiger partial charge >= 0.3 is 0 Å². The fourth-order valence-corrected chi connectivity index (χ4v) is 5.25. The number of nitrogens with one attached hydrogen (secondary N) is 1. The summed E-state index contributed by atoms with van der Waals surface area (Å²) < 4.78 is 33.9. The van der Waals surface area contributed by atoms with Crippen molar-refractivity contribution in [2.45, 2.75) is 38.3 Å². The minimum absolute atomic E-state index is 0.0742. The lowest BCUT2D eigenvalue weighted by atomic mass is 10.1. The molecule has 9 heteroatoms. The molecule has 0 bridgehead atoms. The van der Waals surface area contributed by atoms with Gasteiger partial charge < -0.3 is 15.0 Å². The molecule has 3 aromatic carbocycles. The first kappa shape index (κ1) is 27.7.